The normalized spacial score (nSPS) is 12.6. The van der Waals surface area contributed by atoms with Crippen molar-refractivity contribution in [2.45, 2.75) is 5.41 Å². The summed E-state index contributed by atoms with van der Waals surface area (Å²) in [6, 6.07) is 71.8. The van der Waals surface area contributed by atoms with Crippen molar-refractivity contribution in [3.8, 4) is 67.9 Å². The number of aromatic nitrogens is 4. The maximum Gasteiger partial charge on any atom is 0.227 e. The van der Waals surface area contributed by atoms with E-state index in [-0.39, 0.29) is 0 Å². The van der Waals surface area contributed by atoms with Gasteiger partial charge in [0, 0.05) is 22.3 Å². The Balaban J connectivity index is 0.995. The quantitative estimate of drug-likeness (QED) is 0.163. The van der Waals surface area contributed by atoms with Gasteiger partial charge < -0.3 is 4.42 Å². The summed E-state index contributed by atoms with van der Waals surface area (Å²) in [7, 11) is 0. The molecular formula is C53H34N4O. The van der Waals surface area contributed by atoms with E-state index >= 15 is 0 Å². The molecule has 0 N–H and O–H groups in total. The Morgan fingerprint density at radius 3 is 1.28 bits per heavy atom. The highest BCUT2D eigenvalue weighted by Crippen LogP contribution is 2.56. The lowest BCUT2D eigenvalue weighted by Gasteiger charge is -2.34. The van der Waals surface area contributed by atoms with Gasteiger partial charge in [0.15, 0.2) is 23.1 Å². The van der Waals surface area contributed by atoms with Crippen LogP contribution in [0, 0.1) is 0 Å². The minimum absolute atomic E-state index is 0.574. The molecule has 10 aromatic rings. The van der Waals surface area contributed by atoms with Crippen LogP contribution in [0.3, 0.4) is 0 Å². The fourth-order valence-corrected chi connectivity index (χ4v) is 8.55. The monoisotopic (exact) mass is 742 g/mol. The Morgan fingerprint density at radius 2 is 0.741 bits per heavy atom. The van der Waals surface area contributed by atoms with Crippen molar-refractivity contribution in [3.63, 3.8) is 0 Å². The van der Waals surface area contributed by atoms with Crippen LogP contribution < -0.4 is 0 Å². The molecule has 0 atom stereocenters. The van der Waals surface area contributed by atoms with E-state index in [1.165, 1.54) is 27.8 Å². The van der Waals surface area contributed by atoms with Gasteiger partial charge in [0.25, 0.3) is 0 Å². The maximum absolute atomic E-state index is 6.46. The number of nitrogens with zero attached hydrogens (tertiary/aromatic N) is 4. The highest BCUT2D eigenvalue weighted by atomic mass is 16.3. The molecule has 0 fully saturated rings. The first-order valence-electron chi connectivity index (χ1n) is 19.5. The average Bonchev–Trinajstić information content (AvgIpc) is 3.88. The minimum Gasteiger partial charge on any atom is -0.436 e. The number of hydrogen-bond acceptors (Lipinski definition) is 5. The summed E-state index contributed by atoms with van der Waals surface area (Å²) < 4.78 is 6.46. The lowest BCUT2D eigenvalue weighted by atomic mass is 9.67. The number of fused-ring (bicyclic) bond motifs is 4. The van der Waals surface area contributed by atoms with Gasteiger partial charge in [-0.1, -0.05) is 182 Å². The molecular weight excluding hydrogens is 709 g/mol. The van der Waals surface area contributed by atoms with E-state index in [9.17, 15) is 0 Å². The van der Waals surface area contributed by atoms with E-state index in [0.717, 1.165) is 50.0 Å². The summed E-state index contributed by atoms with van der Waals surface area (Å²) in [6.45, 7) is 0. The molecule has 0 aliphatic heterocycles. The molecule has 5 nitrogen and oxygen atoms in total. The molecule has 2 aromatic heterocycles. The topological polar surface area (TPSA) is 64.7 Å². The Hall–Kier alpha value is -7.76. The predicted octanol–water partition coefficient (Wildman–Crippen LogP) is 12.7. The van der Waals surface area contributed by atoms with E-state index in [2.05, 4.69) is 115 Å². The van der Waals surface area contributed by atoms with Gasteiger partial charge in [0.1, 0.15) is 5.52 Å². The van der Waals surface area contributed by atoms with Crippen LogP contribution in [0.15, 0.2) is 211 Å². The SMILES string of the molecule is c1ccc(-c2nc(-c3ccccc3)nc(-c3ccc(-c4ccc(C5(c6ccc7nc(-c8ccccc8)oc7c6)c6ccccc6-c6ccccc65)cc4)cc3)n2)cc1. The summed E-state index contributed by atoms with van der Waals surface area (Å²) in [4.78, 5) is 19.6. The third-order valence-corrected chi connectivity index (χ3v) is 11.3. The molecule has 272 valence electrons. The predicted molar refractivity (Wildman–Crippen MR) is 232 cm³/mol. The van der Waals surface area contributed by atoms with Gasteiger partial charge in [0.05, 0.1) is 5.41 Å². The fourth-order valence-electron chi connectivity index (χ4n) is 8.55. The van der Waals surface area contributed by atoms with E-state index in [1.807, 2.05) is 91.0 Å². The number of rotatable bonds is 7. The van der Waals surface area contributed by atoms with Crippen LogP contribution in [0.2, 0.25) is 0 Å². The molecule has 8 aromatic carbocycles. The van der Waals surface area contributed by atoms with Crippen molar-refractivity contribution < 1.29 is 4.42 Å². The highest BCUT2D eigenvalue weighted by molar-refractivity contribution is 5.88. The number of oxazole rings is 1. The first kappa shape index (κ1) is 33.6. The summed E-state index contributed by atoms with van der Waals surface area (Å²) in [5.41, 5.74) is 14.3. The second kappa shape index (κ2) is 13.8. The first-order chi connectivity index (χ1) is 28.7. The second-order valence-electron chi connectivity index (χ2n) is 14.6. The standard InChI is InChI=1S/C53H34N4O/c1-4-14-37(15-5-1)49-55-50(38-16-6-2-7-17-38)57-51(56-49)39-26-24-35(25-27-39)36-28-30-41(31-29-36)53(45-22-12-10-20-43(45)44-21-11-13-23-46(44)53)42-32-33-47-48(34-42)58-52(54-47)40-18-8-3-9-19-40/h1-34H. The molecule has 2 heterocycles. The van der Waals surface area contributed by atoms with Gasteiger partial charge in [-0.15, -0.1) is 0 Å². The molecule has 5 heteroatoms. The van der Waals surface area contributed by atoms with Crippen LogP contribution in [-0.4, -0.2) is 19.9 Å². The summed E-state index contributed by atoms with van der Waals surface area (Å²) in [5.74, 6) is 2.54. The van der Waals surface area contributed by atoms with Crippen LogP contribution in [0.5, 0.6) is 0 Å². The van der Waals surface area contributed by atoms with Crippen molar-refractivity contribution in [3.05, 3.63) is 229 Å². The van der Waals surface area contributed by atoms with E-state index < -0.39 is 5.41 Å². The molecule has 0 amide bonds. The van der Waals surface area contributed by atoms with Crippen molar-refractivity contribution in [2.24, 2.45) is 0 Å². The fraction of sp³-hybridized carbons (Fsp3) is 0.0189. The third kappa shape index (κ3) is 5.55. The summed E-state index contributed by atoms with van der Waals surface area (Å²) in [6.07, 6.45) is 0. The van der Waals surface area contributed by atoms with Crippen LogP contribution in [-0.2, 0) is 5.41 Å². The second-order valence-corrected chi connectivity index (χ2v) is 14.6. The zero-order chi connectivity index (χ0) is 38.5. The molecule has 58 heavy (non-hydrogen) atoms. The largest absolute Gasteiger partial charge is 0.436 e. The van der Waals surface area contributed by atoms with Gasteiger partial charge in [0.2, 0.25) is 5.89 Å². The van der Waals surface area contributed by atoms with E-state index in [1.54, 1.807) is 0 Å². The Kier molecular flexibility index (Phi) is 7.97. The van der Waals surface area contributed by atoms with Crippen molar-refractivity contribution >= 4 is 11.1 Å². The molecule has 1 aliphatic rings. The molecule has 1 aliphatic carbocycles. The molecule has 0 spiro atoms. The Bertz CT molecular complexity index is 2980. The number of benzene rings is 8. The highest BCUT2D eigenvalue weighted by Gasteiger charge is 2.46. The van der Waals surface area contributed by atoms with Gasteiger partial charge in [-0.3, -0.25) is 0 Å². The van der Waals surface area contributed by atoms with Crippen LogP contribution in [0.4, 0.5) is 0 Å². The molecule has 0 bridgehead atoms. The van der Waals surface area contributed by atoms with Gasteiger partial charge >= 0.3 is 0 Å². The first-order valence-corrected chi connectivity index (χ1v) is 19.5. The average molecular weight is 743 g/mol. The zero-order valence-electron chi connectivity index (χ0n) is 31.3. The van der Waals surface area contributed by atoms with Crippen molar-refractivity contribution in [1.82, 2.24) is 19.9 Å². The third-order valence-electron chi connectivity index (χ3n) is 11.3. The summed E-state index contributed by atoms with van der Waals surface area (Å²) >= 11 is 0. The molecule has 0 unspecified atom stereocenters. The van der Waals surface area contributed by atoms with E-state index in [4.69, 9.17) is 24.4 Å². The maximum atomic E-state index is 6.46. The van der Waals surface area contributed by atoms with Crippen molar-refractivity contribution in [2.75, 3.05) is 0 Å². The smallest absolute Gasteiger partial charge is 0.227 e. The molecule has 0 radical (unpaired) electrons. The van der Waals surface area contributed by atoms with Gasteiger partial charge in [-0.2, -0.15) is 0 Å². The molecule has 0 saturated heterocycles. The lowest BCUT2D eigenvalue weighted by molar-refractivity contribution is 0.618. The zero-order valence-corrected chi connectivity index (χ0v) is 31.3. The van der Waals surface area contributed by atoms with Crippen LogP contribution in [0.25, 0.3) is 79.0 Å². The van der Waals surface area contributed by atoms with Crippen molar-refractivity contribution in [1.29, 1.82) is 0 Å². The van der Waals surface area contributed by atoms with E-state index in [0.29, 0.717) is 23.4 Å². The molecule has 11 rings (SSSR count). The summed E-state index contributed by atoms with van der Waals surface area (Å²) in [5, 5.41) is 0. The lowest BCUT2D eigenvalue weighted by Crippen LogP contribution is -2.28. The molecule has 0 saturated carbocycles. The van der Waals surface area contributed by atoms with Gasteiger partial charge in [-0.05, 0) is 68.8 Å². The Labute approximate surface area is 336 Å². The van der Waals surface area contributed by atoms with Crippen LogP contribution >= 0.6 is 0 Å². The Morgan fingerprint density at radius 1 is 0.328 bits per heavy atom. The van der Waals surface area contributed by atoms with Gasteiger partial charge in [-0.25, -0.2) is 19.9 Å². The minimum atomic E-state index is -0.574. The van der Waals surface area contributed by atoms with Crippen LogP contribution in [0.1, 0.15) is 22.3 Å². The number of hydrogen-bond donors (Lipinski definition) is 0.